The van der Waals surface area contributed by atoms with Gasteiger partial charge < -0.3 is 20.5 Å². The lowest BCUT2D eigenvalue weighted by atomic mass is 9.83. The van der Waals surface area contributed by atoms with E-state index >= 15 is 0 Å². The van der Waals surface area contributed by atoms with Gasteiger partial charge in [0.25, 0.3) is 0 Å². The van der Waals surface area contributed by atoms with Gasteiger partial charge in [-0.25, -0.2) is 4.79 Å². The van der Waals surface area contributed by atoms with Crippen LogP contribution in [0, 0.1) is 5.92 Å². The molecule has 2 aliphatic rings. The molecule has 0 aliphatic carbocycles. The number of esters is 2. The standard InChI is InChI=1S/C13H18N2O5S/c1-6(16)10-8-5-9(21-4-3-14)11(15(8)12(10)18)13(19)20-7(2)17/h6,8,10,16H,3-5,14H2,1-2H3/t6-,8-,10-/m1/s1. The number of aliphatic hydroxyl groups is 1. The van der Waals surface area contributed by atoms with E-state index in [1.165, 1.54) is 16.7 Å². The molecule has 1 saturated heterocycles. The van der Waals surface area contributed by atoms with Crippen LogP contribution >= 0.6 is 11.8 Å². The zero-order valence-electron chi connectivity index (χ0n) is 11.9. The second-order valence-electron chi connectivity index (χ2n) is 5.04. The normalized spacial score (nSPS) is 25.5. The molecule has 1 amide bonds. The maximum absolute atomic E-state index is 12.1. The fraction of sp³-hybridized carbons (Fsp3) is 0.615. The molecule has 0 aromatic carbocycles. The number of amides is 1. The van der Waals surface area contributed by atoms with E-state index in [1.54, 1.807) is 6.92 Å². The van der Waals surface area contributed by atoms with E-state index in [1.807, 2.05) is 0 Å². The lowest BCUT2D eigenvalue weighted by Crippen LogP contribution is -2.61. The predicted molar refractivity (Wildman–Crippen MR) is 75.7 cm³/mol. The molecule has 0 saturated carbocycles. The summed E-state index contributed by atoms with van der Waals surface area (Å²) in [5.74, 6) is -1.77. The van der Waals surface area contributed by atoms with Gasteiger partial charge in [0.2, 0.25) is 5.91 Å². The predicted octanol–water partition coefficient (Wildman–Crippen LogP) is -0.409. The molecule has 3 atom stereocenters. The van der Waals surface area contributed by atoms with Crippen LogP contribution in [0.5, 0.6) is 0 Å². The zero-order valence-corrected chi connectivity index (χ0v) is 12.7. The fourth-order valence-electron chi connectivity index (χ4n) is 2.71. The Labute approximate surface area is 126 Å². The van der Waals surface area contributed by atoms with Crippen molar-refractivity contribution in [2.24, 2.45) is 11.7 Å². The second-order valence-corrected chi connectivity index (χ2v) is 6.23. The highest BCUT2D eigenvalue weighted by atomic mass is 32.2. The highest BCUT2D eigenvalue weighted by Gasteiger charge is 2.57. The Kier molecular flexibility index (Phi) is 4.70. The first-order chi connectivity index (χ1) is 9.88. The van der Waals surface area contributed by atoms with E-state index in [-0.39, 0.29) is 17.6 Å². The average molecular weight is 314 g/mol. The van der Waals surface area contributed by atoms with Crippen LogP contribution in [-0.4, -0.2) is 52.3 Å². The van der Waals surface area contributed by atoms with Gasteiger partial charge in [0.15, 0.2) is 0 Å². The summed E-state index contributed by atoms with van der Waals surface area (Å²) in [6.07, 6.45) is -0.295. The molecular weight excluding hydrogens is 296 g/mol. The van der Waals surface area contributed by atoms with Gasteiger partial charge in [-0.2, -0.15) is 0 Å². The van der Waals surface area contributed by atoms with Crippen molar-refractivity contribution in [2.75, 3.05) is 12.3 Å². The third-order valence-electron chi connectivity index (χ3n) is 3.51. The van der Waals surface area contributed by atoms with Gasteiger partial charge in [0, 0.05) is 30.5 Å². The van der Waals surface area contributed by atoms with Crippen molar-refractivity contribution in [1.82, 2.24) is 4.90 Å². The number of aliphatic hydroxyl groups excluding tert-OH is 1. The number of hydrogen-bond acceptors (Lipinski definition) is 7. The number of β-lactam (4-membered cyclic amide) rings is 1. The number of nitrogens with two attached hydrogens (primary N) is 1. The lowest BCUT2D eigenvalue weighted by Gasteiger charge is -2.44. The smallest absolute Gasteiger partial charge is 0.363 e. The van der Waals surface area contributed by atoms with E-state index in [0.29, 0.717) is 23.6 Å². The topological polar surface area (TPSA) is 110 Å². The number of ether oxygens (including phenoxy) is 1. The Morgan fingerprint density at radius 2 is 2.24 bits per heavy atom. The number of carbonyl (C=O) groups is 3. The van der Waals surface area contributed by atoms with Crippen molar-refractivity contribution < 1.29 is 24.2 Å². The van der Waals surface area contributed by atoms with Crippen LogP contribution in [0.4, 0.5) is 0 Å². The average Bonchev–Trinajstić information content (AvgIpc) is 2.69. The summed E-state index contributed by atoms with van der Waals surface area (Å²) in [5, 5.41) is 9.66. The van der Waals surface area contributed by atoms with Gasteiger partial charge in [0.05, 0.1) is 18.1 Å². The van der Waals surface area contributed by atoms with Crippen LogP contribution in [0.15, 0.2) is 10.6 Å². The molecule has 21 heavy (non-hydrogen) atoms. The maximum atomic E-state index is 12.1. The van der Waals surface area contributed by atoms with Crippen molar-refractivity contribution in [2.45, 2.75) is 32.4 Å². The highest BCUT2D eigenvalue weighted by molar-refractivity contribution is 8.03. The number of thioether (sulfide) groups is 1. The first-order valence-corrected chi connectivity index (χ1v) is 7.67. The molecule has 1 fully saturated rings. The summed E-state index contributed by atoms with van der Waals surface area (Å²) in [6, 6.07) is -0.243. The SMILES string of the molecule is CC(=O)OC(=O)C1=C(SCCN)C[C@@H]2[C@@H]([C@@H](C)O)C(=O)N12. The summed E-state index contributed by atoms with van der Waals surface area (Å²) in [7, 11) is 0. The minimum Gasteiger partial charge on any atom is -0.393 e. The Morgan fingerprint density at radius 3 is 2.76 bits per heavy atom. The maximum Gasteiger partial charge on any atom is 0.363 e. The van der Waals surface area contributed by atoms with Crippen LogP contribution < -0.4 is 5.73 Å². The van der Waals surface area contributed by atoms with Crippen LogP contribution in [0.25, 0.3) is 0 Å². The quantitative estimate of drug-likeness (QED) is 0.403. The fourth-order valence-corrected chi connectivity index (χ4v) is 3.68. The second kappa shape index (κ2) is 6.17. The van der Waals surface area contributed by atoms with Crippen LogP contribution in [-0.2, 0) is 19.1 Å². The number of hydrogen-bond donors (Lipinski definition) is 2. The number of nitrogens with zero attached hydrogens (tertiary/aromatic N) is 1. The molecule has 2 heterocycles. The Morgan fingerprint density at radius 1 is 1.57 bits per heavy atom. The molecule has 2 rings (SSSR count). The first kappa shape index (κ1) is 16.0. The minimum absolute atomic E-state index is 0.121. The lowest BCUT2D eigenvalue weighted by molar-refractivity contribution is -0.165. The third kappa shape index (κ3) is 2.83. The van der Waals surface area contributed by atoms with E-state index in [0.717, 1.165) is 6.92 Å². The molecule has 2 aliphatic heterocycles. The largest absolute Gasteiger partial charge is 0.393 e. The van der Waals surface area contributed by atoms with Crippen molar-refractivity contribution in [3.63, 3.8) is 0 Å². The van der Waals surface area contributed by atoms with Gasteiger partial charge in [-0.1, -0.05) is 0 Å². The van der Waals surface area contributed by atoms with E-state index in [9.17, 15) is 19.5 Å². The molecule has 0 radical (unpaired) electrons. The van der Waals surface area contributed by atoms with Crippen molar-refractivity contribution in [3.05, 3.63) is 10.6 Å². The van der Waals surface area contributed by atoms with Gasteiger partial charge in [-0.15, -0.1) is 11.8 Å². The minimum atomic E-state index is -0.818. The monoisotopic (exact) mass is 314 g/mol. The molecule has 0 aromatic rings. The molecule has 7 nitrogen and oxygen atoms in total. The summed E-state index contributed by atoms with van der Waals surface area (Å²) in [5.41, 5.74) is 5.58. The van der Waals surface area contributed by atoms with E-state index in [4.69, 9.17) is 5.73 Å². The zero-order chi connectivity index (χ0) is 15.7. The van der Waals surface area contributed by atoms with Crippen molar-refractivity contribution in [1.29, 1.82) is 0 Å². The molecular formula is C13H18N2O5S. The molecule has 8 heteroatoms. The van der Waals surface area contributed by atoms with E-state index in [2.05, 4.69) is 4.74 Å². The third-order valence-corrected chi connectivity index (χ3v) is 4.66. The van der Waals surface area contributed by atoms with Gasteiger partial charge in [-0.3, -0.25) is 9.59 Å². The van der Waals surface area contributed by atoms with Gasteiger partial charge in [-0.05, 0) is 6.92 Å². The van der Waals surface area contributed by atoms with Gasteiger partial charge >= 0.3 is 11.9 Å². The number of carbonyl (C=O) groups excluding carboxylic acids is 3. The summed E-state index contributed by atoms with van der Waals surface area (Å²) in [4.78, 5) is 37.1. The molecule has 0 aromatic heterocycles. The molecule has 0 bridgehead atoms. The van der Waals surface area contributed by atoms with Crippen LogP contribution in [0.1, 0.15) is 20.3 Å². The summed E-state index contributed by atoms with van der Waals surface area (Å²) in [6.45, 7) is 3.12. The molecule has 0 unspecified atom stereocenters. The highest BCUT2D eigenvalue weighted by Crippen LogP contribution is 2.47. The van der Waals surface area contributed by atoms with Crippen LogP contribution in [0.3, 0.4) is 0 Å². The summed E-state index contributed by atoms with van der Waals surface area (Å²) < 4.78 is 4.60. The van der Waals surface area contributed by atoms with Crippen molar-refractivity contribution in [3.8, 4) is 0 Å². The summed E-state index contributed by atoms with van der Waals surface area (Å²) >= 11 is 1.38. The molecule has 116 valence electrons. The number of fused-ring (bicyclic) bond motifs is 1. The Hall–Kier alpha value is -1.38. The molecule has 0 spiro atoms. The number of rotatable bonds is 5. The first-order valence-electron chi connectivity index (χ1n) is 6.68. The molecule has 3 N–H and O–H groups in total. The van der Waals surface area contributed by atoms with Crippen molar-refractivity contribution >= 4 is 29.6 Å². The Balaban J connectivity index is 2.24. The van der Waals surface area contributed by atoms with Crippen LogP contribution in [0.2, 0.25) is 0 Å². The van der Waals surface area contributed by atoms with E-state index < -0.39 is 24.0 Å². The Bertz CT molecular complexity index is 517. The van der Waals surface area contributed by atoms with Gasteiger partial charge in [0.1, 0.15) is 5.70 Å².